The molecule has 0 aliphatic carbocycles. The van der Waals surface area contributed by atoms with Crippen LogP contribution in [-0.2, 0) is 0 Å². The van der Waals surface area contributed by atoms with Gasteiger partial charge in [0.05, 0.1) is 10.6 Å². The number of nitro benzene ring substituents is 1. The number of nitro groups is 1. The van der Waals surface area contributed by atoms with Crippen molar-refractivity contribution in [1.82, 2.24) is 9.78 Å². The van der Waals surface area contributed by atoms with Crippen LogP contribution in [0.5, 0.6) is 0 Å². The van der Waals surface area contributed by atoms with Gasteiger partial charge in [0, 0.05) is 18.5 Å². The van der Waals surface area contributed by atoms with E-state index in [2.05, 4.69) is 5.10 Å². The van der Waals surface area contributed by atoms with E-state index in [1.165, 1.54) is 23.0 Å². The fourth-order valence-corrected chi connectivity index (χ4v) is 1.42. The molecule has 2 rings (SSSR count). The molecule has 1 aromatic heterocycles. The lowest BCUT2D eigenvalue weighted by Crippen LogP contribution is -2.05. The van der Waals surface area contributed by atoms with Crippen molar-refractivity contribution in [3.8, 4) is 5.69 Å². The van der Waals surface area contributed by atoms with Crippen LogP contribution in [0.15, 0.2) is 36.7 Å². The quantitative estimate of drug-likeness (QED) is 0.639. The molecule has 86 valence electrons. The summed E-state index contributed by atoms with van der Waals surface area (Å²) in [7, 11) is 0. The smallest absolute Gasteiger partial charge is 0.342 e. The predicted molar refractivity (Wildman–Crippen MR) is 57.2 cm³/mol. The average molecular weight is 233 g/mol. The standard InChI is InChI=1S/C10H7N3O4/c14-10(15)8-6-7(12-5-1-4-11-12)2-3-9(8)13(16)17/h1-6H,(H,14,15). The van der Waals surface area contributed by atoms with E-state index in [9.17, 15) is 14.9 Å². The number of hydrogen-bond acceptors (Lipinski definition) is 4. The highest BCUT2D eigenvalue weighted by Crippen LogP contribution is 2.21. The van der Waals surface area contributed by atoms with Gasteiger partial charge >= 0.3 is 5.97 Å². The van der Waals surface area contributed by atoms with Crippen LogP contribution >= 0.6 is 0 Å². The van der Waals surface area contributed by atoms with E-state index in [1.54, 1.807) is 12.3 Å². The predicted octanol–water partition coefficient (Wildman–Crippen LogP) is 1.48. The van der Waals surface area contributed by atoms with Gasteiger partial charge in [-0.15, -0.1) is 0 Å². The van der Waals surface area contributed by atoms with E-state index in [0.29, 0.717) is 5.69 Å². The Kier molecular flexibility index (Phi) is 2.57. The molecule has 0 radical (unpaired) electrons. The first-order chi connectivity index (χ1) is 8.09. The number of benzene rings is 1. The van der Waals surface area contributed by atoms with Crippen molar-refractivity contribution in [2.75, 3.05) is 0 Å². The molecular formula is C10H7N3O4. The molecule has 0 unspecified atom stereocenters. The Balaban J connectivity index is 2.57. The Labute approximate surface area is 95.1 Å². The summed E-state index contributed by atoms with van der Waals surface area (Å²) >= 11 is 0. The van der Waals surface area contributed by atoms with Gasteiger partial charge in [0.1, 0.15) is 5.56 Å². The van der Waals surface area contributed by atoms with Gasteiger partial charge in [-0.3, -0.25) is 10.1 Å². The molecule has 7 nitrogen and oxygen atoms in total. The third-order valence-electron chi connectivity index (χ3n) is 2.18. The van der Waals surface area contributed by atoms with Crippen LogP contribution in [0.1, 0.15) is 10.4 Å². The van der Waals surface area contributed by atoms with Crippen LogP contribution in [0.25, 0.3) is 5.69 Å². The molecule has 0 spiro atoms. The monoisotopic (exact) mass is 233 g/mol. The summed E-state index contributed by atoms with van der Waals surface area (Å²) in [5.41, 5.74) is -0.339. The molecule has 0 saturated heterocycles. The highest BCUT2D eigenvalue weighted by Gasteiger charge is 2.20. The molecule has 17 heavy (non-hydrogen) atoms. The van der Waals surface area contributed by atoms with Gasteiger partial charge in [-0.1, -0.05) is 0 Å². The maximum atomic E-state index is 10.9. The zero-order chi connectivity index (χ0) is 12.4. The van der Waals surface area contributed by atoms with Crippen LogP contribution in [-0.4, -0.2) is 25.8 Å². The minimum atomic E-state index is -1.34. The zero-order valence-corrected chi connectivity index (χ0v) is 8.48. The lowest BCUT2D eigenvalue weighted by Gasteiger charge is -2.03. The molecule has 0 fully saturated rings. The maximum Gasteiger partial charge on any atom is 0.342 e. The lowest BCUT2D eigenvalue weighted by molar-refractivity contribution is -0.385. The zero-order valence-electron chi connectivity index (χ0n) is 8.48. The Morgan fingerprint density at radius 2 is 2.24 bits per heavy atom. The van der Waals surface area contributed by atoms with Gasteiger partial charge in [0.15, 0.2) is 0 Å². The molecule has 1 heterocycles. The largest absolute Gasteiger partial charge is 0.477 e. The van der Waals surface area contributed by atoms with Gasteiger partial charge in [-0.05, 0) is 18.2 Å². The van der Waals surface area contributed by atoms with Crippen molar-refractivity contribution in [2.24, 2.45) is 0 Å². The van der Waals surface area contributed by atoms with Crippen molar-refractivity contribution in [3.63, 3.8) is 0 Å². The van der Waals surface area contributed by atoms with E-state index in [4.69, 9.17) is 5.11 Å². The van der Waals surface area contributed by atoms with Crippen molar-refractivity contribution < 1.29 is 14.8 Å². The van der Waals surface area contributed by atoms with E-state index in [0.717, 1.165) is 6.07 Å². The average Bonchev–Trinajstić information content (AvgIpc) is 2.81. The number of rotatable bonds is 3. The van der Waals surface area contributed by atoms with E-state index in [-0.39, 0.29) is 5.56 Å². The molecular weight excluding hydrogens is 226 g/mol. The first-order valence-corrected chi connectivity index (χ1v) is 4.61. The van der Waals surface area contributed by atoms with Gasteiger partial charge in [-0.2, -0.15) is 5.10 Å². The summed E-state index contributed by atoms with van der Waals surface area (Å²) in [5, 5.41) is 23.5. The van der Waals surface area contributed by atoms with E-state index in [1.807, 2.05) is 0 Å². The second-order valence-corrected chi connectivity index (χ2v) is 3.21. The van der Waals surface area contributed by atoms with Crippen LogP contribution in [0.4, 0.5) is 5.69 Å². The minimum absolute atomic E-state index is 0.358. The number of aromatic carboxylic acids is 1. The molecule has 1 aromatic carbocycles. The summed E-state index contributed by atoms with van der Waals surface area (Å²) in [6.07, 6.45) is 3.15. The third-order valence-corrected chi connectivity index (χ3v) is 2.18. The first kappa shape index (κ1) is 10.8. The number of carboxylic acid groups (broad SMARTS) is 1. The number of hydrogen-bond donors (Lipinski definition) is 1. The molecule has 7 heteroatoms. The van der Waals surface area contributed by atoms with Gasteiger partial charge < -0.3 is 5.11 Å². The fraction of sp³-hybridized carbons (Fsp3) is 0. The summed E-state index contributed by atoms with van der Waals surface area (Å²) < 4.78 is 1.43. The highest BCUT2D eigenvalue weighted by atomic mass is 16.6. The topological polar surface area (TPSA) is 98.3 Å². The van der Waals surface area contributed by atoms with Crippen molar-refractivity contribution >= 4 is 11.7 Å². The molecule has 0 aliphatic rings. The van der Waals surface area contributed by atoms with Gasteiger partial charge in [0.25, 0.3) is 5.69 Å². The fourth-order valence-electron chi connectivity index (χ4n) is 1.42. The summed E-state index contributed by atoms with van der Waals surface area (Å²) in [4.78, 5) is 20.8. The second-order valence-electron chi connectivity index (χ2n) is 3.21. The number of carbonyl (C=O) groups is 1. The van der Waals surface area contributed by atoms with Crippen molar-refractivity contribution in [2.45, 2.75) is 0 Å². The Morgan fingerprint density at radius 3 is 2.76 bits per heavy atom. The second kappa shape index (κ2) is 4.05. The van der Waals surface area contributed by atoms with Crippen LogP contribution in [0.2, 0.25) is 0 Å². The lowest BCUT2D eigenvalue weighted by atomic mass is 10.1. The normalized spacial score (nSPS) is 10.1. The highest BCUT2D eigenvalue weighted by molar-refractivity contribution is 5.93. The summed E-state index contributed by atoms with van der Waals surface area (Å²) in [5.74, 6) is -1.34. The van der Waals surface area contributed by atoms with Gasteiger partial charge in [-0.25, -0.2) is 9.48 Å². The minimum Gasteiger partial charge on any atom is -0.477 e. The van der Waals surface area contributed by atoms with Crippen LogP contribution in [0.3, 0.4) is 0 Å². The molecule has 0 amide bonds. The van der Waals surface area contributed by atoms with Crippen LogP contribution < -0.4 is 0 Å². The summed E-state index contributed by atoms with van der Waals surface area (Å²) in [6.45, 7) is 0. The molecule has 2 aromatic rings. The Morgan fingerprint density at radius 1 is 1.47 bits per heavy atom. The Bertz CT molecular complexity index is 577. The molecule has 0 bridgehead atoms. The number of aromatic nitrogens is 2. The Hall–Kier alpha value is -2.70. The molecule has 0 atom stereocenters. The van der Waals surface area contributed by atoms with Gasteiger partial charge in [0.2, 0.25) is 0 Å². The first-order valence-electron chi connectivity index (χ1n) is 4.61. The maximum absolute atomic E-state index is 10.9. The van der Waals surface area contributed by atoms with E-state index < -0.39 is 16.6 Å². The molecule has 0 aliphatic heterocycles. The number of carboxylic acids is 1. The third kappa shape index (κ3) is 1.98. The number of nitrogens with zero attached hydrogens (tertiary/aromatic N) is 3. The van der Waals surface area contributed by atoms with Crippen LogP contribution in [0, 0.1) is 10.1 Å². The van der Waals surface area contributed by atoms with Crippen molar-refractivity contribution in [3.05, 3.63) is 52.3 Å². The summed E-state index contributed by atoms with van der Waals surface area (Å²) in [6, 6.07) is 5.48. The van der Waals surface area contributed by atoms with E-state index >= 15 is 0 Å². The SMILES string of the molecule is O=C(O)c1cc(-n2cccn2)ccc1[N+](=O)[O-]. The molecule has 0 saturated carbocycles. The van der Waals surface area contributed by atoms with Crippen molar-refractivity contribution in [1.29, 1.82) is 0 Å². The molecule has 1 N–H and O–H groups in total.